The first-order valence-corrected chi connectivity index (χ1v) is 10.7. The van der Waals surface area contributed by atoms with Crippen LogP contribution in [0.15, 0.2) is 24.3 Å². The second kappa shape index (κ2) is 9.43. The SMILES string of the molecule is Cc1ccc(CCC2CCN(C(=O)CC3CC4CCC(C3)N4)CC2)cc1.Cl. The van der Waals surface area contributed by atoms with Crippen LogP contribution in [0.1, 0.15) is 62.5 Å². The number of fused-ring (bicyclic) bond motifs is 2. The Bertz CT molecular complexity index is 597. The van der Waals surface area contributed by atoms with Gasteiger partial charge in [-0.2, -0.15) is 0 Å². The van der Waals surface area contributed by atoms with Crippen molar-refractivity contribution >= 4 is 18.3 Å². The molecule has 3 aliphatic heterocycles. The molecule has 150 valence electrons. The highest BCUT2D eigenvalue weighted by Gasteiger charge is 2.35. The number of aryl methyl sites for hydroxylation is 2. The fourth-order valence-electron chi connectivity index (χ4n) is 5.31. The molecule has 1 aromatic carbocycles. The lowest BCUT2D eigenvalue weighted by Gasteiger charge is -2.34. The number of benzene rings is 1. The zero-order chi connectivity index (χ0) is 17.9. The lowest BCUT2D eigenvalue weighted by molar-refractivity contribution is -0.133. The summed E-state index contributed by atoms with van der Waals surface area (Å²) in [6, 6.07) is 10.3. The van der Waals surface area contributed by atoms with Crippen LogP contribution < -0.4 is 5.32 Å². The van der Waals surface area contributed by atoms with Crippen molar-refractivity contribution in [1.82, 2.24) is 10.2 Å². The van der Waals surface area contributed by atoms with Crippen molar-refractivity contribution in [1.29, 1.82) is 0 Å². The van der Waals surface area contributed by atoms with Gasteiger partial charge in [-0.15, -0.1) is 12.4 Å². The Hall–Kier alpha value is -1.06. The predicted molar refractivity (Wildman–Crippen MR) is 113 cm³/mol. The number of carbonyl (C=O) groups is 1. The molecule has 4 rings (SSSR count). The number of halogens is 1. The highest BCUT2D eigenvalue weighted by Crippen LogP contribution is 2.33. The molecule has 2 unspecified atom stereocenters. The van der Waals surface area contributed by atoms with Crippen LogP contribution in [0.3, 0.4) is 0 Å². The fourth-order valence-corrected chi connectivity index (χ4v) is 5.31. The van der Waals surface area contributed by atoms with E-state index in [9.17, 15) is 4.79 Å². The minimum absolute atomic E-state index is 0. The van der Waals surface area contributed by atoms with Gasteiger partial charge in [0.2, 0.25) is 5.91 Å². The number of amides is 1. The molecule has 0 spiro atoms. The molecule has 4 heteroatoms. The van der Waals surface area contributed by atoms with Gasteiger partial charge in [0.25, 0.3) is 0 Å². The van der Waals surface area contributed by atoms with Crippen LogP contribution >= 0.6 is 12.4 Å². The molecule has 0 aliphatic carbocycles. The number of rotatable bonds is 5. The summed E-state index contributed by atoms with van der Waals surface area (Å²) in [5.74, 6) is 1.84. The number of piperidine rings is 2. The van der Waals surface area contributed by atoms with Crippen molar-refractivity contribution in [3.05, 3.63) is 35.4 Å². The van der Waals surface area contributed by atoms with Crippen LogP contribution in [0.2, 0.25) is 0 Å². The molecule has 27 heavy (non-hydrogen) atoms. The van der Waals surface area contributed by atoms with E-state index in [0.717, 1.165) is 25.4 Å². The van der Waals surface area contributed by atoms with Crippen LogP contribution in [0.25, 0.3) is 0 Å². The predicted octanol–water partition coefficient (Wildman–Crippen LogP) is 4.51. The summed E-state index contributed by atoms with van der Waals surface area (Å²) in [5.41, 5.74) is 2.79. The van der Waals surface area contributed by atoms with Gasteiger partial charge in [-0.1, -0.05) is 29.8 Å². The average Bonchev–Trinajstić information content (AvgIpc) is 3.00. The van der Waals surface area contributed by atoms with Crippen LogP contribution in [0.5, 0.6) is 0 Å². The Morgan fingerprint density at radius 2 is 1.63 bits per heavy atom. The van der Waals surface area contributed by atoms with Gasteiger partial charge in [-0.3, -0.25) is 4.79 Å². The summed E-state index contributed by atoms with van der Waals surface area (Å²) in [6.07, 6.45) is 10.7. The molecule has 1 amide bonds. The molecular weight excluding hydrogens is 356 g/mol. The molecule has 3 fully saturated rings. The van der Waals surface area contributed by atoms with Gasteiger partial charge in [-0.05, 0) is 75.7 Å². The first-order valence-electron chi connectivity index (χ1n) is 10.7. The normalized spacial score (nSPS) is 28.0. The highest BCUT2D eigenvalue weighted by molar-refractivity contribution is 5.85. The van der Waals surface area contributed by atoms with Crippen molar-refractivity contribution in [3.63, 3.8) is 0 Å². The Balaban J connectivity index is 0.00000210. The molecule has 0 aromatic heterocycles. The van der Waals surface area contributed by atoms with E-state index in [1.165, 1.54) is 62.5 Å². The number of nitrogens with one attached hydrogen (secondary N) is 1. The standard InChI is InChI=1S/C23H34N2O.ClH/c1-17-2-4-18(5-3-17)6-7-19-10-12-25(13-11-19)23(26)16-20-14-21-8-9-22(15-20)24-21;/h2-5,19-22,24H,6-16H2,1H3;1H. The maximum atomic E-state index is 12.7. The van der Waals surface area contributed by atoms with E-state index in [2.05, 4.69) is 41.4 Å². The zero-order valence-corrected chi connectivity index (χ0v) is 17.5. The molecule has 3 saturated heterocycles. The fraction of sp³-hybridized carbons (Fsp3) is 0.696. The van der Waals surface area contributed by atoms with E-state index in [1.807, 2.05) is 0 Å². The van der Waals surface area contributed by atoms with Crippen molar-refractivity contribution < 1.29 is 4.79 Å². The second-order valence-corrected chi connectivity index (χ2v) is 9.03. The number of likely N-dealkylation sites (tertiary alicyclic amines) is 1. The average molecular weight is 391 g/mol. The minimum Gasteiger partial charge on any atom is -0.343 e. The van der Waals surface area contributed by atoms with Gasteiger partial charge in [0.15, 0.2) is 0 Å². The van der Waals surface area contributed by atoms with Gasteiger partial charge < -0.3 is 10.2 Å². The zero-order valence-electron chi connectivity index (χ0n) is 16.7. The van der Waals surface area contributed by atoms with E-state index in [-0.39, 0.29) is 12.4 Å². The van der Waals surface area contributed by atoms with Crippen molar-refractivity contribution in [2.24, 2.45) is 11.8 Å². The third kappa shape index (κ3) is 5.48. The molecular formula is C23H35ClN2O. The largest absolute Gasteiger partial charge is 0.343 e. The monoisotopic (exact) mass is 390 g/mol. The van der Waals surface area contributed by atoms with Crippen LogP contribution in [0, 0.1) is 18.8 Å². The Morgan fingerprint density at radius 3 is 2.26 bits per heavy atom. The molecule has 1 N–H and O–H groups in total. The van der Waals surface area contributed by atoms with Crippen molar-refractivity contribution in [2.75, 3.05) is 13.1 Å². The third-order valence-electron chi connectivity index (χ3n) is 6.96. The summed E-state index contributed by atoms with van der Waals surface area (Å²) in [6.45, 7) is 4.11. The Labute approximate surface area is 170 Å². The van der Waals surface area contributed by atoms with Crippen molar-refractivity contribution in [2.45, 2.75) is 76.8 Å². The van der Waals surface area contributed by atoms with Gasteiger partial charge in [-0.25, -0.2) is 0 Å². The van der Waals surface area contributed by atoms with E-state index < -0.39 is 0 Å². The maximum Gasteiger partial charge on any atom is 0.222 e. The Kier molecular flexibility index (Phi) is 7.22. The molecule has 2 bridgehead atoms. The van der Waals surface area contributed by atoms with E-state index in [4.69, 9.17) is 0 Å². The molecule has 1 aromatic rings. The van der Waals surface area contributed by atoms with Crippen LogP contribution in [0.4, 0.5) is 0 Å². The summed E-state index contributed by atoms with van der Waals surface area (Å²) in [4.78, 5) is 14.9. The lowest BCUT2D eigenvalue weighted by atomic mass is 9.87. The topological polar surface area (TPSA) is 32.3 Å². The van der Waals surface area contributed by atoms with Crippen LogP contribution in [-0.2, 0) is 11.2 Å². The van der Waals surface area contributed by atoms with Gasteiger partial charge >= 0.3 is 0 Å². The second-order valence-electron chi connectivity index (χ2n) is 9.03. The van der Waals surface area contributed by atoms with Gasteiger partial charge in [0, 0.05) is 31.6 Å². The molecule has 2 atom stereocenters. The third-order valence-corrected chi connectivity index (χ3v) is 6.96. The van der Waals surface area contributed by atoms with E-state index in [0.29, 0.717) is 23.9 Å². The number of carbonyl (C=O) groups excluding carboxylic acids is 1. The number of hydrogen-bond acceptors (Lipinski definition) is 2. The first kappa shape index (κ1) is 20.7. The smallest absolute Gasteiger partial charge is 0.222 e. The first-order chi connectivity index (χ1) is 12.7. The summed E-state index contributed by atoms with van der Waals surface area (Å²) in [7, 11) is 0. The van der Waals surface area contributed by atoms with Gasteiger partial charge in [0.1, 0.15) is 0 Å². The van der Waals surface area contributed by atoms with Crippen LogP contribution in [-0.4, -0.2) is 36.0 Å². The van der Waals surface area contributed by atoms with E-state index >= 15 is 0 Å². The molecule has 3 heterocycles. The number of nitrogens with zero attached hydrogens (tertiary/aromatic N) is 1. The number of hydrogen-bond donors (Lipinski definition) is 1. The molecule has 0 radical (unpaired) electrons. The minimum atomic E-state index is 0. The highest BCUT2D eigenvalue weighted by atomic mass is 35.5. The lowest BCUT2D eigenvalue weighted by Crippen LogP contribution is -2.42. The molecule has 3 aliphatic rings. The summed E-state index contributed by atoms with van der Waals surface area (Å²) in [5, 5.41) is 3.68. The molecule has 3 nitrogen and oxygen atoms in total. The van der Waals surface area contributed by atoms with Crippen molar-refractivity contribution in [3.8, 4) is 0 Å². The summed E-state index contributed by atoms with van der Waals surface area (Å²) < 4.78 is 0. The van der Waals surface area contributed by atoms with Gasteiger partial charge in [0.05, 0.1) is 0 Å². The van der Waals surface area contributed by atoms with E-state index in [1.54, 1.807) is 0 Å². The molecule has 0 saturated carbocycles. The Morgan fingerprint density at radius 1 is 1.00 bits per heavy atom. The quantitative estimate of drug-likeness (QED) is 0.802. The summed E-state index contributed by atoms with van der Waals surface area (Å²) >= 11 is 0. The maximum absolute atomic E-state index is 12.7.